The summed E-state index contributed by atoms with van der Waals surface area (Å²) in [5.41, 5.74) is 0.0199. The molecule has 0 radical (unpaired) electrons. The van der Waals surface area contributed by atoms with E-state index in [1.165, 1.54) is 6.07 Å². The number of phenols is 1. The lowest BCUT2D eigenvalue weighted by atomic mass is 9.88. The fourth-order valence-corrected chi connectivity index (χ4v) is 2.76. The Hall–Kier alpha value is -1.49. The molecule has 1 unspecified atom stereocenters. The highest BCUT2D eigenvalue weighted by Gasteiger charge is 2.38. The molecular formula is C13H16FNO3. The van der Waals surface area contributed by atoms with Crippen molar-refractivity contribution in [1.82, 2.24) is 5.32 Å². The molecule has 5 heteroatoms. The zero-order valence-corrected chi connectivity index (χ0v) is 10.3. The van der Waals surface area contributed by atoms with E-state index in [1.54, 1.807) is 0 Å². The number of aromatic hydroxyl groups is 1. The van der Waals surface area contributed by atoms with Gasteiger partial charge in [0.25, 0.3) is 0 Å². The van der Waals surface area contributed by atoms with Crippen LogP contribution >= 0.6 is 0 Å². The molecule has 1 atom stereocenters. The maximum absolute atomic E-state index is 13.8. The Morgan fingerprint density at radius 1 is 1.39 bits per heavy atom. The van der Waals surface area contributed by atoms with Crippen molar-refractivity contribution in [3.63, 3.8) is 0 Å². The van der Waals surface area contributed by atoms with Gasteiger partial charge in [0.2, 0.25) is 0 Å². The van der Waals surface area contributed by atoms with Crippen molar-refractivity contribution in [3.05, 3.63) is 17.4 Å². The summed E-state index contributed by atoms with van der Waals surface area (Å²) in [6.45, 7) is 3.62. The smallest absolute Gasteiger partial charge is 0.170 e. The van der Waals surface area contributed by atoms with Gasteiger partial charge in [0.15, 0.2) is 23.1 Å². The van der Waals surface area contributed by atoms with Crippen molar-refractivity contribution in [2.45, 2.75) is 25.3 Å². The number of phenolic OH excluding ortho intramolecular Hbond substituents is 1. The van der Waals surface area contributed by atoms with Gasteiger partial charge in [-0.2, -0.15) is 0 Å². The molecule has 98 valence electrons. The minimum absolute atomic E-state index is 0.337. The number of ether oxygens (including phenoxy) is 2. The molecule has 3 rings (SSSR count). The standard InChI is InChI=1S/C13H16FNO3/c1-13(3-2-4-15-13)10-11(16)8(14)7-9-12(10)18-6-5-17-9/h7,15-16H,2-6H2,1H3. The third kappa shape index (κ3) is 1.61. The number of hydrogen-bond acceptors (Lipinski definition) is 4. The van der Waals surface area contributed by atoms with E-state index in [4.69, 9.17) is 9.47 Å². The molecule has 2 N–H and O–H groups in total. The first kappa shape index (κ1) is 11.6. The van der Waals surface area contributed by atoms with Gasteiger partial charge in [0.05, 0.1) is 5.56 Å². The number of rotatable bonds is 1. The van der Waals surface area contributed by atoms with E-state index in [9.17, 15) is 9.50 Å². The van der Waals surface area contributed by atoms with Gasteiger partial charge in [-0.25, -0.2) is 4.39 Å². The molecule has 18 heavy (non-hydrogen) atoms. The van der Waals surface area contributed by atoms with Crippen LogP contribution in [0.1, 0.15) is 25.3 Å². The molecule has 0 saturated carbocycles. The van der Waals surface area contributed by atoms with Gasteiger partial charge in [-0.15, -0.1) is 0 Å². The summed E-state index contributed by atoms with van der Waals surface area (Å²) in [4.78, 5) is 0. The van der Waals surface area contributed by atoms with Gasteiger partial charge in [-0.1, -0.05) is 0 Å². The van der Waals surface area contributed by atoms with Crippen LogP contribution in [-0.2, 0) is 5.54 Å². The molecule has 0 spiro atoms. The number of hydrogen-bond donors (Lipinski definition) is 2. The normalized spacial score (nSPS) is 26.3. The zero-order chi connectivity index (χ0) is 12.8. The van der Waals surface area contributed by atoms with Crippen molar-refractivity contribution in [3.8, 4) is 17.2 Å². The van der Waals surface area contributed by atoms with Crippen LogP contribution in [0.4, 0.5) is 4.39 Å². The Balaban J connectivity index is 2.20. The molecular weight excluding hydrogens is 237 g/mol. The molecule has 0 amide bonds. The maximum Gasteiger partial charge on any atom is 0.170 e. The maximum atomic E-state index is 13.8. The number of nitrogens with one attached hydrogen (secondary N) is 1. The Morgan fingerprint density at radius 2 is 2.17 bits per heavy atom. The predicted molar refractivity (Wildman–Crippen MR) is 63.6 cm³/mol. The average molecular weight is 253 g/mol. The van der Waals surface area contributed by atoms with Crippen LogP contribution < -0.4 is 14.8 Å². The van der Waals surface area contributed by atoms with Crippen molar-refractivity contribution >= 4 is 0 Å². The van der Waals surface area contributed by atoms with Crippen molar-refractivity contribution in [2.75, 3.05) is 19.8 Å². The van der Waals surface area contributed by atoms with Crippen LogP contribution in [-0.4, -0.2) is 24.9 Å². The third-order valence-corrected chi connectivity index (χ3v) is 3.68. The molecule has 2 heterocycles. The fourth-order valence-electron chi connectivity index (χ4n) is 2.76. The molecule has 1 saturated heterocycles. The monoisotopic (exact) mass is 253 g/mol. The lowest BCUT2D eigenvalue weighted by Crippen LogP contribution is -2.34. The molecule has 4 nitrogen and oxygen atoms in total. The lowest BCUT2D eigenvalue weighted by molar-refractivity contribution is 0.163. The van der Waals surface area contributed by atoms with Gasteiger partial charge in [0.1, 0.15) is 13.2 Å². The number of fused-ring (bicyclic) bond motifs is 1. The molecule has 0 aromatic heterocycles. The van der Waals surface area contributed by atoms with Gasteiger partial charge >= 0.3 is 0 Å². The summed E-state index contributed by atoms with van der Waals surface area (Å²) >= 11 is 0. The van der Waals surface area contributed by atoms with E-state index in [-0.39, 0.29) is 5.75 Å². The van der Waals surface area contributed by atoms with Crippen molar-refractivity contribution in [1.29, 1.82) is 0 Å². The van der Waals surface area contributed by atoms with E-state index < -0.39 is 11.4 Å². The summed E-state index contributed by atoms with van der Waals surface area (Å²) in [5, 5.41) is 13.3. The van der Waals surface area contributed by atoms with Crippen molar-refractivity contribution < 1.29 is 19.0 Å². The zero-order valence-electron chi connectivity index (χ0n) is 10.3. The first-order valence-corrected chi connectivity index (χ1v) is 6.18. The second-order valence-corrected chi connectivity index (χ2v) is 4.97. The molecule has 1 aromatic carbocycles. The van der Waals surface area contributed by atoms with E-state index >= 15 is 0 Å². The van der Waals surface area contributed by atoms with E-state index in [0.717, 1.165) is 19.4 Å². The third-order valence-electron chi connectivity index (χ3n) is 3.68. The summed E-state index contributed by atoms with van der Waals surface area (Å²) in [5.74, 6) is -0.154. The predicted octanol–water partition coefficient (Wildman–Crippen LogP) is 1.90. The number of halogens is 1. The van der Waals surface area contributed by atoms with Crippen LogP contribution in [0.2, 0.25) is 0 Å². The second kappa shape index (κ2) is 4.02. The minimum Gasteiger partial charge on any atom is -0.504 e. The summed E-state index contributed by atoms with van der Waals surface area (Å²) in [6, 6.07) is 1.19. The molecule has 0 aliphatic carbocycles. The van der Waals surface area contributed by atoms with Gasteiger partial charge in [-0.3, -0.25) is 0 Å². The van der Waals surface area contributed by atoms with Gasteiger partial charge in [0, 0.05) is 11.6 Å². The van der Waals surface area contributed by atoms with Gasteiger partial charge < -0.3 is 19.9 Å². The largest absolute Gasteiger partial charge is 0.504 e. The average Bonchev–Trinajstić information content (AvgIpc) is 2.78. The number of benzene rings is 1. The molecule has 1 fully saturated rings. The molecule has 2 aliphatic rings. The van der Waals surface area contributed by atoms with Crippen molar-refractivity contribution in [2.24, 2.45) is 0 Å². The van der Waals surface area contributed by atoms with Gasteiger partial charge in [-0.05, 0) is 26.3 Å². The highest BCUT2D eigenvalue weighted by molar-refractivity contribution is 5.58. The summed E-state index contributed by atoms with van der Waals surface area (Å²) in [6.07, 6.45) is 1.82. The fraction of sp³-hybridized carbons (Fsp3) is 0.538. The lowest BCUT2D eigenvalue weighted by Gasteiger charge is -2.31. The van der Waals surface area contributed by atoms with E-state index in [2.05, 4.69) is 5.32 Å². The second-order valence-electron chi connectivity index (χ2n) is 4.97. The van der Waals surface area contributed by atoms with Crippen LogP contribution in [0.15, 0.2) is 6.07 Å². The Bertz CT molecular complexity index is 484. The SMILES string of the molecule is CC1(c2c(O)c(F)cc3c2OCCO3)CCCN1. The highest BCUT2D eigenvalue weighted by Crippen LogP contribution is 2.48. The highest BCUT2D eigenvalue weighted by atomic mass is 19.1. The van der Waals surface area contributed by atoms with Crippen LogP contribution in [0.5, 0.6) is 17.2 Å². The Labute approximate surface area is 105 Å². The van der Waals surface area contributed by atoms with Crippen LogP contribution in [0.25, 0.3) is 0 Å². The first-order chi connectivity index (χ1) is 8.62. The molecule has 1 aromatic rings. The Morgan fingerprint density at radius 3 is 2.89 bits per heavy atom. The quantitative estimate of drug-likeness (QED) is 0.802. The first-order valence-electron chi connectivity index (χ1n) is 6.18. The molecule has 2 aliphatic heterocycles. The summed E-state index contributed by atoms with van der Waals surface area (Å²) in [7, 11) is 0. The minimum atomic E-state index is -0.663. The molecule has 0 bridgehead atoms. The van der Waals surface area contributed by atoms with E-state index in [1.807, 2.05) is 6.92 Å². The Kier molecular flexibility index (Phi) is 2.59. The van der Waals surface area contributed by atoms with Crippen LogP contribution in [0, 0.1) is 5.82 Å². The van der Waals surface area contributed by atoms with Crippen LogP contribution in [0.3, 0.4) is 0 Å². The summed E-state index contributed by atoms with van der Waals surface area (Å²) < 4.78 is 24.8. The topological polar surface area (TPSA) is 50.7 Å². The van der Waals surface area contributed by atoms with E-state index in [0.29, 0.717) is 30.3 Å².